The first-order chi connectivity index (χ1) is 19.0. The van der Waals surface area contributed by atoms with Crippen LogP contribution in [0.1, 0.15) is 99.3 Å². The van der Waals surface area contributed by atoms with E-state index in [2.05, 4.69) is 48.1 Å². The van der Waals surface area contributed by atoms with Gasteiger partial charge in [0.25, 0.3) is 0 Å². The van der Waals surface area contributed by atoms with Crippen molar-refractivity contribution in [1.82, 2.24) is 0 Å². The lowest BCUT2D eigenvalue weighted by molar-refractivity contribution is -0.170. The summed E-state index contributed by atoms with van der Waals surface area (Å²) in [4.78, 5) is 0.408. The van der Waals surface area contributed by atoms with Gasteiger partial charge in [0.15, 0.2) is 9.84 Å². The second-order valence-electron chi connectivity index (χ2n) is 13.3. The van der Waals surface area contributed by atoms with Gasteiger partial charge in [-0.15, -0.1) is 0 Å². The number of hydrogen-bond donors (Lipinski definition) is 0. The maximum Gasteiger partial charge on any atom is 0.178 e. The smallest absolute Gasteiger partial charge is 0.178 e. The molecule has 3 aliphatic rings. The SMILES string of the molecule is C=C(CCC1O[C@H](CC(C)CC)[C@H](C)[C@H]1CS(=O)(=O)c1ccccc1)[C@H](C)C[C@H]1CC[C@@H]2O[C@@H](C)C[C@]2(CC)O1. The van der Waals surface area contributed by atoms with Gasteiger partial charge in [0.1, 0.15) is 0 Å². The van der Waals surface area contributed by atoms with E-state index in [-0.39, 0.29) is 53.7 Å². The predicted molar refractivity (Wildman–Crippen MR) is 162 cm³/mol. The van der Waals surface area contributed by atoms with Crippen LogP contribution in [0, 0.1) is 23.7 Å². The highest BCUT2D eigenvalue weighted by Gasteiger charge is 2.51. The lowest BCUT2D eigenvalue weighted by atomic mass is 9.81. The Morgan fingerprint density at radius 3 is 2.45 bits per heavy atom. The van der Waals surface area contributed by atoms with E-state index in [0.717, 1.165) is 57.8 Å². The fourth-order valence-electron chi connectivity index (χ4n) is 7.43. The fraction of sp³-hybridized carbons (Fsp3) is 0.765. The van der Waals surface area contributed by atoms with Crippen molar-refractivity contribution in [3.8, 4) is 0 Å². The monoisotopic (exact) mass is 574 g/mol. The van der Waals surface area contributed by atoms with Crippen LogP contribution in [0.3, 0.4) is 0 Å². The van der Waals surface area contributed by atoms with E-state index >= 15 is 0 Å². The van der Waals surface area contributed by atoms with Crippen LogP contribution in [0.15, 0.2) is 47.4 Å². The van der Waals surface area contributed by atoms with E-state index in [9.17, 15) is 8.42 Å². The number of hydrogen-bond acceptors (Lipinski definition) is 5. The van der Waals surface area contributed by atoms with Crippen molar-refractivity contribution in [2.24, 2.45) is 23.7 Å². The number of allylic oxidation sites excluding steroid dienone is 1. The van der Waals surface area contributed by atoms with Gasteiger partial charge in [0.05, 0.1) is 46.8 Å². The molecule has 0 saturated carbocycles. The molecule has 10 atom stereocenters. The molecule has 0 bridgehead atoms. The van der Waals surface area contributed by atoms with Crippen molar-refractivity contribution in [2.45, 2.75) is 140 Å². The second kappa shape index (κ2) is 13.4. The van der Waals surface area contributed by atoms with Crippen LogP contribution in [0.5, 0.6) is 0 Å². The molecule has 0 spiro atoms. The van der Waals surface area contributed by atoms with Crippen LogP contribution in [0.25, 0.3) is 0 Å². The van der Waals surface area contributed by atoms with Crippen molar-refractivity contribution in [3.05, 3.63) is 42.5 Å². The summed E-state index contributed by atoms with van der Waals surface area (Å²) in [6, 6.07) is 8.88. The topological polar surface area (TPSA) is 61.8 Å². The van der Waals surface area contributed by atoms with Crippen molar-refractivity contribution in [3.63, 3.8) is 0 Å². The van der Waals surface area contributed by atoms with Crippen LogP contribution in [0.2, 0.25) is 0 Å². The van der Waals surface area contributed by atoms with Crippen LogP contribution in [-0.4, -0.2) is 50.3 Å². The lowest BCUT2D eigenvalue weighted by Gasteiger charge is -2.42. The number of rotatable bonds is 13. The highest BCUT2D eigenvalue weighted by Crippen LogP contribution is 2.45. The quantitative estimate of drug-likeness (QED) is 0.225. The van der Waals surface area contributed by atoms with Gasteiger partial charge in [-0.05, 0) is 81.8 Å². The van der Waals surface area contributed by atoms with Crippen molar-refractivity contribution >= 4 is 9.84 Å². The molecule has 0 N–H and O–H groups in total. The summed E-state index contributed by atoms with van der Waals surface area (Å²) in [5.41, 5.74) is 1.10. The highest BCUT2D eigenvalue weighted by molar-refractivity contribution is 7.91. The van der Waals surface area contributed by atoms with Gasteiger partial charge in [0.2, 0.25) is 0 Å². The standard InChI is InChI=1S/C34H54O5S/c1-8-23(3)19-32-27(7)30(22-40(35,36)29-13-11-10-12-14-29)31(38-32)17-15-24(4)25(5)20-28-16-18-33-34(9-2,39-28)21-26(6)37-33/h10-14,23,25-28,30-33H,4,8-9,15-22H2,1-3,5-7H3/t23?,25-,26+,27-,28-,30-,31?,32-,33+,34+/m1/s1. The Bertz CT molecular complexity index is 1070. The summed E-state index contributed by atoms with van der Waals surface area (Å²) in [6.07, 6.45) is 9.60. The van der Waals surface area contributed by atoms with Crippen molar-refractivity contribution < 1.29 is 22.6 Å². The van der Waals surface area contributed by atoms with Crippen molar-refractivity contribution in [2.75, 3.05) is 5.75 Å². The van der Waals surface area contributed by atoms with E-state index in [1.54, 1.807) is 24.3 Å². The molecule has 4 rings (SSSR count). The molecule has 0 amide bonds. The van der Waals surface area contributed by atoms with Gasteiger partial charge in [-0.1, -0.05) is 71.4 Å². The van der Waals surface area contributed by atoms with Crippen LogP contribution >= 0.6 is 0 Å². The maximum absolute atomic E-state index is 13.4. The Balaban J connectivity index is 1.38. The molecule has 6 heteroatoms. The minimum absolute atomic E-state index is 0.0188. The molecule has 1 aromatic rings. The minimum Gasteiger partial charge on any atom is -0.374 e. The van der Waals surface area contributed by atoms with Crippen LogP contribution in [0.4, 0.5) is 0 Å². The summed E-state index contributed by atoms with van der Waals surface area (Å²) in [6.45, 7) is 17.8. The number of sulfone groups is 1. The van der Waals surface area contributed by atoms with E-state index in [1.807, 2.05) is 6.07 Å². The molecule has 0 radical (unpaired) electrons. The molecule has 1 aromatic carbocycles. The molecular weight excluding hydrogens is 520 g/mol. The Hall–Kier alpha value is -1.21. The highest BCUT2D eigenvalue weighted by atomic mass is 32.2. The molecule has 3 heterocycles. The lowest BCUT2D eigenvalue weighted by Crippen LogP contribution is -2.48. The molecular formula is C34H54O5S. The predicted octanol–water partition coefficient (Wildman–Crippen LogP) is 7.78. The molecule has 5 nitrogen and oxygen atoms in total. The zero-order valence-corrected chi connectivity index (χ0v) is 26.6. The van der Waals surface area contributed by atoms with E-state index < -0.39 is 9.84 Å². The normalized spacial score (nSPS) is 35.8. The summed E-state index contributed by atoms with van der Waals surface area (Å²) in [5, 5.41) is 0. The molecule has 3 saturated heterocycles. The van der Waals surface area contributed by atoms with Gasteiger partial charge in [-0.2, -0.15) is 0 Å². The third kappa shape index (κ3) is 7.22. The molecule has 0 aliphatic carbocycles. The summed E-state index contributed by atoms with van der Waals surface area (Å²) in [7, 11) is -3.39. The van der Waals surface area contributed by atoms with Crippen molar-refractivity contribution in [1.29, 1.82) is 0 Å². The van der Waals surface area contributed by atoms with Crippen LogP contribution < -0.4 is 0 Å². The largest absolute Gasteiger partial charge is 0.374 e. The van der Waals surface area contributed by atoms with Crippen LogP contribution in [-0.2, 0) is 24.0 Å². The summed E-state index contributed by atoms with van der Waals surface area (Å²) in [5.74, 6) is 1.22. The first-order valence-electron chi connectivity index (χ1n) is 15.9. The Labute approximate surface area is 244 Å². The van der Waals surface area contributed by atoms with E-state index in [1.165, 1.54) is 5.57 Å². The zero-order chi connectivity index (χ0) is 29.1. The summed E-state index contributed by atoms with van der Waals surface area (Å²) >= 11 is 0. The molecule has 2 unspecified atom stereocenters. The Morgan fingerprint density at radius 2 is 1.77 bits per heavy atom. The van der Waals surface area contributed by atoms with Gasteiger partial charge in [-0.3, -0.25) is 0 Å². The Morgan fingerprint density at radius 1 is 1.05 bits per heavy atom. The third-order valence-electron chi connectivity index (χ3n) is 10.4. The fourth-order valence-corrected chi connectivity index (χ4v) is 9.22. The van der Waals surface area contributed by atoms with Gasteiger partial charge < -0.3 is 14.2 Å². The first kappa shape index (κ1) is 31.7. The minimum atomic E-state index is -3.39. The zero-order valence-electron chi connectivity index (χ0n) is 25.8. The second-order valence-corrected chi connectivity index (χ2v) is 15.3. The summed E-state index contributed by atoms with van der Waals surface area (Å²) < 4.78 is 46.4. The average molecular weight is 575 g/mol. The maximum atomic E-state index is 13.4. The average Bonchev–Trinajstić information content (AvgIpc) is 3.42. The molecule has 3 aliphatic heterocycles. The first-order valence-corrected chi connectivity index (χ1v) is 17.6. The molecule has 226 valence electrons. The van der Waals surface area contributed by atoms with E-state index in [0.29, 0.717) is 16.7 Å². The molecule has 3 fully saturated rings. The van der Waals surface area contributed by atoms with E-state index in [4.69, 9.17) is 14.2 Å². The third-order valence-corrected chi connectivity index (χ3v) is 12.2. The van der Waals surface area contributed by atoms with Gasteiger partial charge >= 0.3 is 0 Å². The number of benzene rings is 1. The van der Waals surface area contributed by atoms with Gasteiger partial charge in [0, 0.05) is 12.3 Å². The molecule has 40 heavy (non-hydrogen) atoms. The number of ether oxygens (including phenoxy) is 3. The molecule has 0 aromatic heterocycles. The number of fused-ring (bicyclic) bond motifs is 1. The van der Waals surface area contributed by atoms with Gasteiger partial charge in [-0.25, -0.2) is 8.42 Å². The Kier molecular flexibility index (Phi) is 10.6.